The summed E-state index contributed by atoms with van der Waals surface area (Å²) in [7, 11) is 0. The fraction of sp³-hybridized carbons (Fsp3) is 0.300. The molecule has 0 aromatic heterocycles. The topological polar surface area (TPSA) is 55.4 Å². The summed E-state index contributed by atoms with van der Waals surface area (Å²) in [6.07, 6.45) is 1.82. The summed E-state index contributed by atoms with van der Waals surface area (Å²) in [6, 6.07) is 12.1. The van der Waals surface area contributed by atoms with Crippen LogP contribution in [0.5, 0.6) is 0 Å². The van der Waals surface area contributed by atoms with Gasteiger partial charge in [-0.1, -0.05) is 42.6 Å². The van der Waals surface area contributed by atoms with Crippen molar-refractivity contribution in [2.45, 2.75) is 25.5 Å². The maximum atomic E-state index is 12.0. The van der Waals surface area contributed by atoms with E-state index in [4.69, 9.17) is 27.9 Å². The molecule has 2 aromatic carbocycles. The zero-order chi connectivity index (χ0) is 19.6. The van der Waals surface area contributed by atoms with Gasteiger partial charge in [0.2, 0.25) is 5.91 Å². The molecule has 0 aliphatic rings. The molecule has 7 heteroatoms. The van der Waals surface area contributed by atoms with Crippen LogP contribution in [0.15, 0.2) is 42.5 Å². The second-order valence-electron chi connectivity index (χ2n) is 5.86. The van der Waals surface area contributed by atoms with Gasteiger partial charge in [-0.15, -0.1) is 11.8 Å². The van der Waals surface area contributed by atoms with Crippen molar-refractivity contribution in [2.75, 3.05) is 17.7 Å². The standard InChI is InChI=1S/C20H21Cl2NO3S/c1-2-3-10-26-20(25)15-5-7-16(8-6-15)23-19(24)13-27-12-14-4-9-17(21)18(22)11-14/h4-9,11H,2-3,10,12-13H2,1H3,(H,23,24). The first-order valence-electron chi connectivity index (χ1n) is 8.58. The molecule has 0 unspecified atom stereocenters. The van der Waals surface area contributed by atoms with E-state index in [0.717, 1.165) is 18.4 Å². The molecule has 0 heterocycles. The minimum absolute atomic E-state index is 0.113. The highest BCUT2D eigenvalue weighted by atomic mass is 35.5. The van der Waals surface area contributed by atoms with Crippen molar-refractivity contribution in [1.82, 2.24) is 0 Å². The SMILES string of the molecule is CCCCOC(=O)c1ccc(NC(=O)CSCc2ccc(Cl)c(Cl)c2)cc1. The van der Waals surface area contributed by atoms with E-state index in [2.05, 4.69) is 5.32 Å². The maximum absolute atomic E-state index is 12.0. The molecule has 144 valence electrons. The van der Waals surface area contributed by atoms with Crippen molar-refractivity contribution in [3.8, 4) is 0 Å². The third kappa shape index (κ3) is 7.45. The molecular weight excluding hydrogens is 405 g/mol. The van der Waals surface area contributed by atoms with Crippen LogP contribution in [-0.2, 0) is 15.3 Å². The van der Waals surface area contributed by atoms with Crippen LogP contribution in [0.25, 0.3) is 0 Å². The maximum Gasteiger partial charge on any atom is 0.338 e. The van der Waals surface area contributed by atoms with Crippen LogP contribution in [0.4, 0.5) is 5.69 Å². The average Bonchev–Trinajstić information content (AvgIpc) is 2.65. The molecule has 2 rings (SSSR count). The number of unbranched alkanes of at least 4 members (excludes halogenated alkanes) is 1. The van der Waals surface area contributed by atoms with Gasteiger partial charge in [0, 0.05) is 11.4 Å². The van der Waals surface area contributed by atoms with E-state index in [0.29, 0.717) is 39.4 Å². The van der Waals surface area contributed by atoms with Gasteiger partial charge in [-0.2, -0.15) is 0 Å². The van der Waals surface area contributed by atoms with E-state index < -0.39 is 0 Å². The van der Waals surface area contributed by atoms with E-state index >= 15 is 0 Å². The Morgan fingerprint density at radius 2 is 1.81 bits per heavy atom. The van der Waals surface area contributed by atoms with Gasteiger partial charge in [0.1, 0.15) is 0 Å². The zero-order valence-electron chi connectivity index (χ0n) is 15.0. The van der Waals surface area contributed by atoms with Crippen molar-refractivity contribution in [2.24, 2.45) is 0 Å². The van der Waals surface area contributed by atoms with Crippen molar-refractivity contribution in [1.29, 1.82) is 0 Å². The third-order valence-electron chi connectivity index (χ3n) is 3.62. The molecule has 1 amide bonds. The van der Waals surface area contributed by atoms with Crippen molar-refractivity contribution in [3.05, 3.63) is 63.6 Å². The number of benzene rings is 2. The number of carbonyl (C=O) groups is 2. The number of hydrogen-bond acceptors (Lipinski definition) is 4. The molecule has 27 heavy (non-hydrogen) atoms. The molecular formula is C20H21Cl2NO3S. The van der Waals surface area contributed by atoms with E-state index in [1.807, 2.05) is 13.0 Å². The second kappa shape index (κ2) is 11.2. The highest BCUT2D eigenvalue weighted by Crippen LogP contribution is 2.24. The number of esters is 1. The molecule has 0 spiro atoms. The quantitative estimate of drug-likeness (QED) is 0.405. The number of carbonyl (C=O) groups excluding carboxylic acids is 2. The number of rotatable bonds is 9. The Labute approximate surface area is 173 Å². The Kier molecular flexibility index (Phi) is 8.98. The number of halogens is 2. The third-order valence-corrected chi connectivity index (χ3v) is 5.36. The molecule has 0 aliphatic carbocycles. The number of thioether (sulfide) groups is 1. The first-order valence-corrected chi connectivity index (χ1v) is 10.5. The fourth-order valence-corrected chi connectivity index (χ4v) is 3.27. The van der Waals surface area contributed by atoms with Crippen molar-refractivity contribution < 1.29 is 14.3 Å². The summed E-state index contributed by atoms with van der Waals surface area (Å²) in [5, 5.41) is 3.83. The van der Waals surface area contributed by atoms with Crippen molar-refractivity contribution in [3.63, 3.8) is 0 Å². The molecule has 0 saturated carbocycles. The number of amides is 1. The number of nitrogens with one attached hydrogen (secondary N) is 1. The molecule has 0 bridgehead atoms. The van der Waals surface area contributed by atoms with E-state index in [1.54, 1.807) is 36.4 Å². The number of hydrogen-bond donors (Lipinski definition) is 1. The summed E-state index contributed by atoms with van der Waals surface area (Å²) >= 11 is 13.3. The number of ether oxygens (including phenoxy) is 1. The fourth-order valence-electron chi connectivity index (χ4n) is 2.17. The second-order valence-corrected chi connectivity index (χ2v) is 7.66. The first kappa shape index (κ1) is 21.6. The normalized spacial score (nSPS) is 10.5. The van der Waals surface area contributed by atoms with Gasteiger partial charge in [-0.05, 0) is 48.4 Å². The van der Waals surface area contributed by atoms with Crippen LogP contribution in [0.3, 0.4) is 0 Å². The predicted octanol–water partition coefficient (Wildman–Crippen LogP) is 5.82. The van der Waals surface area contributed by atoms with Gasteiger partial charge >= 0.3 is 5.97 Å². The summed E-state index contributed by atoms with van der Waals surface area (Å²) < 4.78 is 5.15. The molecule has 0 aliphatic heterocycles. The highest BCUT2D eigenvalue weighted by molar-refractivity contribution is 7.99. The Hall–Kier alpha value is -1.69. The van der Waals surface area contributed by atoms with Crippen LogP contribution in [0, 0.1) is 0 Å². The van der Waals surface area contributed by atoms with Gasteiger partial charge in [0.05, 0.1) is 28.0 Å². The lowest BCUT2D eigenvalue weighted by Gasteiger charge is -2.07. The Bertz CT molecular complexity index is 781. The highest BCUT2D eigenvalue weighted by Gasteiger charge is 2.08. The van der Waals surface area contributed by atoms with Crippen LogP contribution in [-0.4, -0.2) is 24.2 Å². The van der Waals surface area contributed by atoms with Gasteiger partial charge in [0.25, 0.3) is 0 Å². The van der Waals surface area contributed by atoms with Crippen LogP contribution in [0.2, 0.25) is 10.0 Å². The Balaban J connectivity index is 1.76. The zero-order valence-corrected chi connectivity index (χ0v) is 17.3. The van der Waals surface area contributed by atoms with Gasteiger partial charge in [0.15, 0.2) is 0 Å². The van der Waals surface area contributed by atoms with Crippen LogP contribution < -0.4 is 5.32 Å². The minimum Gasteiger partial charge on any atom is -0.462 e. The summed E-state index contributed by atoms with van der Waals surface area (Å²) in [4.78, 5) is 23.9. The summed E-state index contributed by atoms with van der Waals surface area (Å²) in [5.74, 6) is 0.505. The van der Waals surface area contributed by atoms with Crippen molar-refractivity contribution >= 4 is 52.5 Å². The molecule has 4 nitrogen and oxygen atoms in total. The minimum atomic E-state index is -0.349. The van der Waals surface area contributed by atoms with Gasteiger partial charge in [-0.3, -0.25) is 4.79 Å². The van der Waals surface area contributed by atoms with Gasteiger partial charge in [-0.25, -0.2) is 4.79 Å². The molecule has 0 radical (unpaired) electrons. The smallest absolute Gasteiger partial charge is 0.338 e. The molecule has 1 N–H and O–H groups in total. The molecule has 0 saturated heterocycles. The monoisotopic (exact) mass is 425 g/mol. The Morgan fingerprint density at radius 1 is 1.07 bits per heavy atom. The van der Waals surface area contributed by atoms with Crippen LogP contribution >= 0.6 is 35.0 Å². The predicted molar refractivity (Wildman–Crippen MR) is 113 cm³/mol. The van der Waals surface area contributed by atoms with Crippen LogP contribution in [0.1, 0.15) is 35.7 Å². The van der Waals surface area contributed by atoms with E-state index in [9.17, 15) is 9.59 Å². The average molecular weight is 426 g/mol. The number of anilines is 1. The first-order chi connectivity index (χ1) is 13.0. The largest absolute Gasteiger partial charge is 0.462 e. The van der Waals surface area contributed by atoms with E-state index in [-0.39, 0.29) is 11.9 Å². The lowest BCUT2D eigenvalue weighted by Crippen LogP contribution is -2.14. The lowest BCUT2D eigenvalue weighted by atomic mass is 10.2. The lowest BCUT2D eigenvalue weighted by molar-refractivity contribution is -0.113. The Morgan fingerprint density at radius 3 is 2.48 bits per heavy atom. The molecule has 2 aromatic rings. The van der Waals surface area contributed by atoms with Gasteiger partial charge < -0.3 is 10.1 Å². The summed E-state index contributed by atoms with van der Waals surface area (Å²) in [5.41, 5.74) is 2.12. The molecule has 0 fully saturated rings. The summed E-state index contributed by atoms with van der Waals surface area (Å²) in [6.45, 7) is 2.46. The van der Waals surface area contributed by atoms with E-state index in [1.165, 1.54) is 11.8 Å². The molecule has 0 atom stereocenters.